The van der Waals surface area contributed by atoms with E-state index in [-0.39, 0.29) is 11.5 Å². The van der Waals surface area contributed by atoms with Gasteiger partial charge in [0.05, 0.1) is 4.92 Å². The number of nitro benzene ring substituents is 1. The van der Waals surface area contributed by atoms with E-state index >= 15 is 0 Å². The lowest BCUT2D eigenvalue weighted by Gasteiger charge is -2.13. The summed E-state index contributed by atoms with van der Waals surface area (Å²) in [5, 5.41) is 15.5. The number of nitro groups is 1. The first kappa shape index (κ1) is 15.5. The number of likely N-dealkylation sites (N-methyl/N-ethyl adjacent to an activating group) is 1. The molecular formula is C12H14FN3O4. The van der Waals surface area contributed by atoms with Crippen LogP contribution in [0.1, 0.15) is 24.2 Å². The number of amides is 2. The van der Waals surface area contributed by atoms with Gasteiger partial charge in [-0.25, -0.2) is 0 Å². The van der Waals surface area contributed by atoms with Gasteiger partial charge in [0.2, 0.25) is 11.7 Å². The number of benzene rings is 1. The van der Waals surface area contributed by atoms with E-state index in [0.29, 0.717) is 6.54 Å². The van der Waals surface area contributed by atoms with Gasteiger partial charge in [-0.3, -0.25) is 19.7 Å². The number of halogens is 1. The van der Waals surface area contributed by atoms with Crippen molar-refractivity contribution in [3.05, 3.63) is 39.7 Å². The van der Waals surface area contributed by atoms with Crippen LogP contribution in [-0.4, -0.2) is 29.3 Å². The third-order valence-electron chi connectivity index (χ3n) is 2.50. The van der Waals surface area contributed by atoms with Gasteiger partial charge in [0, 0.05) is 18.2 Å². The van der Waals surface area contributed by atoms with E-state index in [9.17, 15) is 24.1 Å². The molecule has 20 heavy (non-hydrogen) atoms. The Balaban J connectivity index is 2.85. The molecule has 2 N–H and O–H groups in total. The number of hydrogen-bond donors (Lipinski definition) is 2. The van der Waals surface area contributed by atoms with Crippen molar-refractivity contribution in [3.63, 3.8) is 0 Å². The Labute approximate surface area is 114 Å². The molecule has 8 heteroatoms. The van der Waals surface area contributed by atoms with Gasteiger partial charge in [0.1, 0.15) is 6.04 Å². The molecule has 1 aromatic rings. The molecule has 1 atom stereocenters. The van der Waals surface area contributed by atoms with E-state index in [1.54, 1.807) is 6.92 Å². The van der Waals surface area contributed by atoms with E-state index < -0.39 is 28.4 Å². The van der Waals surface area contributed by atoms with Gasteiger partial charge in [-0.15, -0.1) is 0 Å². The minimum Gasteiger partial charge on any atom is -0.355 e. The van der Waals surface area contributed by atoms with Crippen LogP contribution in [0.3, 0.4) is 0 Å². The molecule has 0 aromatic heterocycles. The van der Waals surface area contributed by atoms with Crippen molar-refractivity contribution in [2.24, 2.45) is 0 Å². The quantitative estimate of drug-likeness (QED) is 0.621. The fourth-order valence-corrected chi connectivity index (χ4v) is 1.47. The summed E-state index contributed by atoms with van der Waals surface area (Å²) in [4.78, 5) is 32.9. The molecule has 0 aliphatic rings. The molecule has 0 bridgehead atoms. The van der Waals surface area contributed by atoms with E-state index in [1.165, 1.54) is 6.92 Å². The number of carbonyl (C=O) groups excluding carboxylic acids is 2. The molecule has 0 radical (unpaired) electrons. The summed E-state index contributed by atoms with van der Waals surface area (Å²) in [6, 6.07) is 1.98. The van der Waals surface area contributed by atoms with Crippen molar-refractivity contribution in [2.75, 3.05) is 6.54 Å². The standard InChI is InChI=1S/C12H14FN3O4/c1-3-14-11(17)7(2)15-12(18)8-4-5-9(13)10(6-8)16(19)20/h4-7H,3H2,1-2H3,(H,14,17)(H,15,18)/t7-/m1/s1. The van der Waals surface area contributed by atoms with Crippen LogP contribution in [0, 0.1) is 15.9 Å². The summed E-state index contributed by atoms with van der Waals surface area (Å²) < 4.78 is 13.1. The Bertz CT molecular complexity index is 548. The van der Waals surface area contributed by atoms with Gasteiger partial charge in [0.15, 0.2) is 0 Å². The molecule has 2 amide bonds. The smallest absolute Gasteiger partial charge is 0.305 e. The van der Waals surface area contributed by atoms with Crippen LogP contribution in [0.15, 0.2) is 18.2 Å². The number of nitrogens with zero attached hydrogens (tertiary/aromatic N) is 1. The molecule has 1 rings (SSSR count). The Hall–Kier alpha value is -2.51. The predicted molar refractivity (Wildman–Crippen MR) is 68.7 cm³/mol. The zero-order valence-corrected chi connectivity index (χ0v) is 11.0. The SMILES string of the molecule is CCNC(=O)[C@@H](C)NC(=O)c1ccc(F)c([N+](=O)[O-])c1. The van der Waals surface area contributed by atoms with Crippen molar-refractivity contribution < 1.29 is 18.9 Å². The van der Waals surface area contributed by atoms with Crippen LogP contribution >= 0.6 is 0 Å². The average molecular weight is 283 g/mol. The van der Waals surface area contributed by atoms with Gasteiger partial charge in [-0.2, -0.15) is 4.39 Å². The highest BCUT2D eigenvalue weighted by atomic mass is 19.1. The minimum absolute atomic E-state index is 0.0887. The summed E-state index contributed by atoms with van der Waals surface area (Å²) in [6.45, 7) is 3.62. The topological polar surface area (TPSA) is 101 Å². The molecule has 108 valence electrons. The number of nitrogens with one attached hydrogen (secondary N) is 2. The molecule has 0 aliphatic heterocycles. The molecule has 0 saturated heterocycles. The fourth-order valence-electron chi connectivity index (χ4n) is 1.47. The monoisotopic (exact) mass is 283 g/mol. The maximum Gasteiger partial charge on any atom is 0.305 e. The Morgan fingerprint density at radius 2 is 2.10 bits per heavy atom. The molecular weight excluding hydrogens is 269 g/mol. The molecule has 7 nitrogen and oxygen atoms in total. The van der Waals surface area contributed by atoms with Crippen molar-refractivity contribution in [1.82, 2.24) is 10.6 Å². The summed E-state index contributed by atoms with van der Waals surface area (Å²) in [6.07, 6.45) is 0. The van der Waals surface area contributed by atoms with E-state index in [2.05, 4.69) is 10.6 Å². The second-order valence-corrected chi connectivity index (χ2v) is 4.01. The average Bonchev–Trinajstić information content (AvgIpc) is 2.38. The van der Waals surface area contributed by atoms with Crippen LogP contribution in [0.2, 0.25) is 0 Å². The summed E-state index contributed by atoms with van der Waals surface area (Å²) in [5.41, 5.74) is -0.877. The van der Waals surface area contributed by atoms with Gasteiger partial charge >= 0.3 is 5.69 Å². The lowest BCUT2D eigenvalue weighted by atomic mass is 10.1. The summed E-state index contributed by atoms with van der Waals surface area (Å²) >= 11 is 0. The Morgan fingerprint density at radius 1 is 1.45 bits per heavy atom. The maximum atomic E-state index is 13.1. The van der Waals surface area contributed by atoms with Gasteiger partial charge in [-0.05, 0) is 26.0 Å². The molecule has 0 aliphatic carbocycles. The maximum absolute atomic E-state index is 13.1. The van der Waals surface area contributed by atoms with Gasteiger partial charge in [-0.1, -0.05) is 0 Å². The largest absolute Gasteiger partial charge is 0.355 e. The molecule has 0 unspecified atom stereocenters. The molecule has 0 saturated carbocycles. The predicted octanol–water partition coefficient (Wildman–Crippen LogP) is 0.988. The highest BCUT2D eigenvalue weighted by Gasteiger charge is 2.20. The van der Waals surface area contributed by atoms with Crippen LogP contribution in [0.25, 0.3) is 0 Å². The third-order valence-corrected chi connectivity index (χ3v) is 2.50. The highest BCUT2D eigenvalue weighted by molar-refractivity contribution is 5.97. The zero-order valence-electron chi connectivity index (χ0n) is 11.0. The number of rotatable bonds is 5. The Kier molecular flexibility index (Phi) is 5.13. The second-order valence-electron chi connectivity index (χ2n) is 4.01. The minimum atomic E-state index is -1.02. The first-order chi connectivity index (χ1) is 9.36. The van der Waals surface area contributed by atoms with Crippen molar-refractivity contribution in [3.8, 4) is 0 Å². The lowest BCUT2D eigenvalue weighted by molar-refractivity contribution is -0.387. The highest BCUT2D eigenvalue weighted by Crippen LogP contribution is 2.18. The van der Waals surface area contributed by atoms with Gasteiger partial charge in [0.25, 0.3) is 5.91 Å². The van der Waals surface area contributed by atoms with Crippen molar-refractivity contribution >= 4 is 17.5 Å². The first-order valence-corrected chi connectivity index (χ1v) is 5.89. The normalized spacial score (nSPS) is 11.6. The van der Waals surface area contributed by atoms with Crippen molar-refractivity contribution in [1.29, 1.82) is 0 Å². The fraction of sp³-hybridized carbons (Fsp3) is 0.333. The van der Waals surface area contributed by atoms with Gasteiger partial charge < -0.3 is 10.6 Å². The first-order valence-electron chi connectivity index (χ1n) is 5.89. The molecule has 0 fully saturated rings. The Morgan fingerprint density at radius 3 is 2.65 bits per heavy atom. The van der Waals surface area contributed by atoms with Crippen molar-refractivity contribution in [2.45, 2.75) is 19.9 Å². The zero-order chi connectivity index (χ0) is 15.3. The van der Waals surface area contributed by atoms with Crippen LogP contribution in [-0.2, 0) is 4.79 Å². The molecule has 0 heterocycles. The number of carbonyl (C=O) groups is 2. The molecule has 1 aromatic carbocycles. The lowest BCUT2D eigenvalue weighted by Crippen LogP contribution is -2.44. The van der Waals surface area contributed by atoms with Crippen LogP contribution in [0.4, 0.5) is 10.1 Å². The summed E-state index contributed by atoms with van der Waals surface area (Å²) in [7, 11) is 0. The summed E-state index contributed by atoms with van der Waals surface area (Å²) in [5.74, 6) is -2.09. The van der Waals surface area contributed by atoms with E-state index in [0.717, 1.165) is 18.2 Å². The van der Waals surface area contributed by atoms with E-state index in [4.69, 9.17) is 0 Å². The second kappa shape index (κ2) is 6.60. The van der Waals surface area contributed by atoms with E-state index in [1.807, 2.05) is 0 Å². The third kappa shape index (κ3) is 3.74. The molecule has 0 spiro atoms. The van der Waals surface area contributed by atoms with Crippen LogP contribution < -0.4 is 10.6 Å². The van der Waals surface area contributed by atoms with Crippen LogP contribution in [0.5, 0.6) is 0 Å². The number of hydrogen-bond acceptors (Lipinski definition) is 4.